The molecular formula is C10H7FO2. The van der Waals surface area contributed by atoms with E-state index in [0.717, 1.165) is 0 Å². The fraction of sp³-hybridized carbons (Fsp3) is 0. The van der Waals surface area contributed by atoms with Crippen LogP contribution in [0.25, 0.3) is 11.3 Å². The topological polar surface area (TPSA) is 33.4 Å². The van der Waals surface area contributed by atoms with Crippen molar-refractivity contribution in [3.05, 3.63) is 42.4 Å². The highest BCUT2D eigenvalue weighted by atomic mass is 19.1. The molecule has 1 aromatic carbocycles. The number of hydrogen-bond donors (Lipinski definition) is 1. The Balaban J connectivity index is 2.49. The first-order valence-electron chi connectivity index (χ1n) is 3.80. The van der Waals surface area contributed by atoms with Crippen LogP contribution in [0.5, 0.6) is 5.75 Å². The highest BCUT2D eigenvalue weighted by Gasteiger charge is 2.04. The van der Waals surface area contributed by atoms with E-state index >= 15 is 0 Å². The van der Waals surface area contributed by atoms with Gasteiger partial charge in [-0.25, -0.2) is 4.39 Å². The van der Waals surface area contributed by atoms with Crippen molar-refractivity contribution in [3.63, 3.8) is 0 Å². The SMILES string of the molecule is Oc1ccc(-c2ccco2)cc1F. The van der Waals surface area contributed by atoms with E-state index in [-0.39, 0.29) is 5.75 Å². The smallest absolute Gasteiger partial charge is 0.165 e. The van der Waals surface area contributed by atoms with E-state index in [2.05, 4.69) is 0 Å². The molecule has 1 aromatic heterocycles. The van der Waals surface area contributed by atoms with E-state index in [1.165, 1.54) is 18.4 Å². The predicted molar refractivity (Wildman–Crippen MR) is 45.8 cm³/mol. The molecule has 1 N–H and O–H groups in total. The van der Waals surface area contributed by atoms with Crippen molar-refractivity contribution in [1.29, 1.82) is 0 Å². The van der Waals surface area contributed by atoms with Gasteiger partial charge in [-0.1, -0.05) is 0 Å². The van der Waals surface area contributed by atoms with Crippen molar-refractivity contribution in [3.8, 4) is 17.1 Å². The van der Waals surface area contributed by atoms with Crippen molar-refractivity contribution in [1.82, 2.24) is 0 Å². The molecule has 0 saturated carbocycles. The van der Waals surface area contributed by atoms with Crippen LogP contribution in [-0.4, -0.2) is 5.11 Å². The zero-order chi connectivity index (χ0) is 9.26. The van der Waals surface area contributed by atoms with Gasteiger partial charge < -0.3 is 9.52 Å². The number of halogens is 1. The van der Waals surface area contributed by atoms with E-state index in [1.807, 2.05) is 0 Å². The normalized spacial score (nSPS) is 10.2. The summed E-state index contributed by atoms with van der Waals surface area (Å²) in [5.74, 6) is -0.414. The van der Waals surface area contributed by atoms with Crippen LogP contribution in [0.15, 0.2) is 41.0 Å². The molecule has 0 unspecified atom stereocenters. The third-order valence-corrected chi connectivity index (χ3v) is 1.75. The molecule has 0 atom stereocenters. The molecule has 0 spiro atoms. The minimum absolute atomic E-state index is 0.352. The van der Waals surface area contributed by atoms with Gasteiger partial charge >= 0.3 is 0 Å². The average Bonchev–Trinajstić information content (AvgIpc) is 2.62. The summed E-state index contributed by atoms with van der Waals surface area (Å²) in [4.78, 5) is 0. The Hall–Kier alpha value is -1.77. The van der Waals surface area contributed by atoms with Gasteiger partial charge in [0.05, 0.1) is 6.26 Å². The maximum Gasteiger partial charge on any atom is 0.165 e. The minimum atomic E-state index is -0.645. The molecule has 0 amide bonds. The molecule has 0 aliphatic carbocycles. The molecule has 0 radical (unpaired) electrons. The van der Waals surface area contributed by atoms with Crippen LogP contribution in [0, 0.1) is 5.82 Å². The Morgan fingerprint density at radius 2 is 2.08 bits per heavy atom. The molecule has 0 fully saturated rings. The van der Waals surface area contributed by atoms with E-state index in [4.69, 9.17) is 9.52 Å². The maximum absolute atomic E-state index is 12.9. The lowest BCUT2D eigenvalue weighted by atomic mass is 10.1. The second kappa shape index (κ2) is 2.94. The van der Waals surface area contributed by atoms with Gasteiger partial charge in [-0.3, -0.25) is 0 Å². The van der Waals surface area contributed by atoms with Gasteiger partial charge in [0.1, 0.15) is 5.76 Å². The summed E-state index contributed by atoms with van der Waals surface area (Å²) in [5.41, 5.74) is 0.611. The first-order chi connectivity index (χ1) is 6.27. The Labute approximate surface area is 74.2 Å². The molecule has 13 heavy (non-hydrogen) atoms. The molecule has 3 heteroatoms. The Morgan fingerprint density at radius 3 is 2.69 bits per heavy atom. The largest absolute Gasteiger partial charge is 0.505 e. The molecule has 0 bridgehead atoms. The molecule has 0 aliphatic rings. The van der Waals surface area contributed by atoms with Gasteiger partial charge in [-0.05, 0) is 30.3 Å². The fourth-order valence-electron chi connectivity index (χ4n) is 1.10. The number of furan rings is 1. The molecule has 2 rings (SSSR count). The Morgan fingerprint density at radius 1 is 1.23 bits per heavy atom. The van der Waals surface area contributed by atoms with Crippen molar-refractivity contribution in [2.75, 3.05) is 0 Å². The number of hydrogen-bond acceptors (Lipinski definition) is 2. The number of phenols is 1. The van der Waals surface area contributed by atoms with Crippen LogP contribution in [0.1, 0.15) is 0 Å². The second-order valence-corrected chi connectivity index (χ2v) is 2.64. The van der Waals surface area contributed by atoms with Crippen LogP contribution >= 0.6 is 0 Å². The van der Waals surface area contributed by atoms with Gasteiger partial charge in [0, 0.05) is 5.56 Å². The van der Waals surface area contributed by atoms with E-state index in [9.17, 15) is 4.39 Å². The Kier molecular flexibility index (Phi) is 1.77. The standard InChI is InChI=1S/C10H7FO2/c11-8-6-7(3-4-9(8)12)10-2-1-5-13-10/h1-6,12H. The molecule has 2 aromatic rings. The first-order valence-corrected chi connectivity index (χ1v) is 3.80. The van der Waals surface area contributed by atoms with Crippen LogP contribution in [0.2, 0.25) is 0 Å². The maximum atomic E-state index is 12.9. The number of benzene rings is 1. The second-order valence-electron chi connectivity index (χ2n) is 2.64. The zero-order valence-electron chi connectivity index (χ0n) is 6.70. The summed E-state index contributed by atoms with van der Waals surface area (Å²) >= 11 is 0. The third-order valence-electron chi connectivity index (χ3n) is 1.75. The van der Waals surface area contributed by atoms with Gasteiger partial charge in [-0.2, -0.15) is 0 Å². The molecule has 2 nitrogen and oxygen atoms in total. The summed E-state index contributed by atoms with van der Waals surface area (Å²) < 4.78 is 17.9. The lowest BCUT2D eigenvalue weighted by molar-refractivity contribution is 0.432. The zero-order valence-corrected chi connectivity index (χ0v) is 6.70. The summed E-state index contributed by atoms with van der Waals surface area (Å²) in [6, 6.07) is 7.57. The highest BCUT2D eigenvalue weighted by Crippen LogP contribution is 2.24. The summed E-state index contributed by atoms with van der Waals surface area (Å²) in [6.45, 7) is 0. The summed E-state index contributed by atoms with van der Waals surface area (Å²) in [6.07, 6.45) is 1.51. The van der Waals surface area contributed by atoms with Crippen molar-refractivity contribution in [2.45, 2.75) is 0 Å². The van der Waals surface area contributed by atoms with Gasteiger partial charge in [0.15, 0.2) is 11.6 Å². The van der Waals surface area contributed by atoms with Gasteiger partial charge in [0.25, 0.3) is 0 Å². The van der Waals surface area contributed by atoms with Crippen LogP contribution in [-0.2, 0) is 0 Å². The molecule has 0 saturated heterocycles. The lowest BCUT2D eigenvalue weighted by Gasteiger charge is -1.98. The number of rotatable bonds is 1. The molecule has 0 aliphatic heterocycles. The molecular weight excluding hydrogens is 171 g/mol. The number of aromatic hydroxyl groups is 1. The first kappa shape index (κ1) is 7.86. The quantitative estimate of drug-likeness (QED) is 0.728. The summed E-state index contributed by atoms with van der Waals surface area (Å²) in [5, 5.41) is 8.94. The molecule has 1 heterocycles. The van der Waals surface area contributed by atoms with E-state index in [1.54, 1.807) is 18.2 Å². The van der Waals surface area contributed by atoms with E-state index in [0.29, 0.717) is 11.3 Å². The van der Waals surface area contributed by atoms with Crippen LogP contribution in [0.3, 0.4) is 0 Å². The third kappa shape index (κ3) is 1.40. The van der Waals surface area contributed by atoms with Crippen LogP contribution < -0.4 is 0 Å². The monoisotopic (exact) mass is 178 g/mol. The lowest BCUT2D eigenvalue weighted by Crippen LogP contribution is -1.78. The minimum Gasteiger partial charge on any atom is -0.505 e. The van der Waals surface area contributed by atoms with Crippen molar-refractivity contribution >= 4 is 0 Å². The predicted octanol–water partition coefficient (Wildman–Crippen LogP) is 2.79. The van der Waals surface area contributed by atoms with Crippen LogP contribution in [0.4, 0.5) is 4.39 Å². The average molecular weight is 178 g/mol. The van der Waals surface area contributed by atoms with Crippen molar-refractivity contribution in [2.24, 2.45) is 0 Å². The Bertz CT molecular complexity index is 407. The highest BCUT2D eigenvalue weighted by molar-refractivity contribution is 5.58. The molecule has 66 valence electrons. The fourth-order valence-corrected chi connectivity index (χ4v) is 1.10. The number of phenolic OH excluding ortho intramolecular Hbond substituents is 1. The van der Waals surface area contributed by atoms with Crippen molar-refractivity contribution < 1.29 is 13.9 Å². The van der Waals surface area contributed by atoms with E-state index < -0.39 is 5.82 Å². The summed E-state index contributed by atoms with van der Waals surface area (Å²) in [7, 11) is 0. The van der Waals surface area contributed by atoms with Gasteiger partial charge in [-0.15, -0.1) is 0 Å². The van der Waals surface area contributed by atoms with Gasteiger partial charge in [0.2, 0.25) is 0 Å².